The van der Waals surface area contributed by atoms with Crippen molar-refractivity contribution < 1.29 is 4.79 Å². The lowest BCUT2D eigenvalue weighted by atomic mass is 10.1. The van der Waals surface area contributed by atoms with Gasteiger partial charge in [0.2, 0.25) is 0 Å². The molecule has 0 aromatic rings. The van der Waals surface area contributed by atoms with Gasteiger partial charge in [0.1, 0.15) is 0 Å². The van der Waals surface area contributed by atoms with E-state index in [1.807, 2.05) is 16.7 Å². The molecule has 2 atom stereocenters. The fourth-order valence-corrected chi connectivity index (χ4v) is 3.02. The molecule has 0 spiro atoms. The maximum absolute atomic E-state index is 11.5. The topological polar surface area (TPSA) is 32.3 Å². The third-order valence-corrected chi connectivity index (χ3v) is 4.17. The molecule has 0 saturated carbocycles. The molecule has 1 N–H and O–H groups in total. The van der Waals surface area contributed by atoms with Gasteiger partial charge < -0.3 is 10.2 Å². The van der Waals surface area contributed by atoms with E-state index in [0.717, 1.165) is 18.8 Å². The summed E-state index contributed by atoms with van der Waals surface area (Å²) in [6.45, 7) is 4.10. The number of nitrogens with zero attached hydrogens (tertiary/aromatic N) is 1. The largest absolute Gasteiger partial charge is 0.334 e. The normalized spacial score (nSPS) is 32.8. The summed E-state index contributed by atoms with van der Waals surface area (Å²) < 4.78 is 0. The second-order valence-electron chi connectivity index (χ2n) is 3.91. The van der Waals surface area contributed by atoms with Crippen LogP contribution in [0.1, 0.15) is 13.3 Å². The number of hydrogen-bond donors (Lipinski definition) is 1. The lowest BCUT2D eigenvalue weighted by molar-refractivity contribution is 0.163. The first-order chi connectivity index (χ1) is 6.27. The van der Waals surface area contributed by atoms with Gasteiger partial charge in [-0.3, -0.25) is 0 Å². The van der Waals surface area contributed by atoms with E-state index in [4.69, 9.17) is 0 Å². The summed E-state index contributed by atoms with van der Waals surface area (Å²) in [6.07, 6.45) is 1.17. The molecule has 0 aliphatic carbocycles. The molecule has 3 nitrogen and oxygen atoms in total. The predicted molar refractivity (Wildman–Crippen MR) is 55.0 cm³/mol. The highest BCUT2D eigenvalue weighted by atomic mass is 32.2. The van der Waals surface area contributed by atoms with E-state index in [9.17, 15) is 4.79 Å². The number of amides is 2. The Labute approximate surface area is 83.2 Å². The van der Waals surface area contributed by atoms with Gasteiger partial charge in [0.05, 0.1) is 0 Å². The first-order valence-electron chi connectivity index (χ1n) is 4.90. The molecule has 0 aromatic carbocycles. The molecule has 2 fully saturated rings. The van der Waals surface area contributed by atoms with Crippen molar-refractivity contribution in [1.29, 1.82) is 0 Å². The van der Waals surface area contributed by atoms with Crippen molar-refractivity contribution in [3.05, 3.63) is 0 Å². The quantitative estimate of drug-likeness (QED) is 0.688. The van der Waals surface area contributed by atoms with Gasteiger partial charge in [0.15, 0.2) is 0 Å². The predicted octanol–water partition coefficient (Wildman–Crippen LogP) is 1.15. The molecule has 2 aliphatic rings. The summed E-state index contributed by atoms with van der Waals surface area (Å²) in [5.41, 5.74) is 0. The van der Waals surface area contributed by atoms with Gasteiger partial charge in [-0.25, -0.2) is 4.79 Å². The van der Waals surface area contributed by atoms with Gasteiger partial charge in [-0.15, -0.1) is 0 Å². The number of rotatable bonds is 1. The van der Waals surface area contributed by atoms with Crippen molar-refractivity contribution in [2.75, 3.05) is 24.6 Å². The van der Waals surface area contributed by atoms with E-state index in [2.05, 4.69) is 12.2 Å². The van der Waals surface area contributed by atoms with E-state index >= 15 is 0 Å². The standard InChI is InChI=1S/C9H16N2OS/c1-7-5-13-6-8(7)10-9(12)11-3-2-4-11/h7-8H,2-6H2,1H3,(H,10,12). The van der Waals surface area contributed by atoms with Crippen molar-refractivity contribution in [2.24, 2.45) is 5.92 Å². The van der Waals surface area contributed by atoms with Gasteiger partial charge >= 0.3 is 6.03 Å². The molecule has 74 valence electrons. The summed E-state index contributed by atoms with van der Waals surface area (Å²) in [6, 6.07) is 0.545. The third-order valence-electron chi connectivity index (χ3n) is 2.82. The van der Waals surface area contributed by atoms with Crippen LogP contribution in [0.4, 0.5) is 4.79 Å². The van der Waals surface area contributed by atoms with E-state index < -0.39 is 0 Å². The Hall–Kier alpha value is -0.380. The fraction of sp³-hybridized carbons (Fsp3) is 0.889. The van der Waals surface area contributed by atoms with Crippen LogP contribution in [0, 0.1) is 5.92 Å². The molecule has 2 heterocycles. The minimum Gasteiger partial charge on any atom is -0.334 e. The number of carbonyl (C=O) groups excluding carboxylic acids is 1. The Balaban J connectivity index is 1.79. The number of nitrogens with one attached hydrogen (secondary N) is 1. The first-order valence-corrected chi connectivity index (χ1v) is 6.06. The Morgan fingerprint density at radius 3 is 2.69 bits per heavy atom. The second kappa shape index (κ2) is 3.78. The Bertz CT molecular complexity index is 206. The van der Waals surface area contributed by atoms with Crippen LogP contribution >= 0.6 is 11.8 Å². The highest BCUT2D eigenvalue weighted by molar-refractivity contribution is 7.99. The number of carbonyl (C=O) groups is 1. The molecule has 4 heteroatoms. The Kier molecular flexibility index (Phi) is 2.67. The molecular formula is C9H16N2OS. The third kappa shape index (κ3) is 1.93. The average molecular weight is 200 g/mol. The van der Waals surface area contributed by atoms with E-state index in [0.29, 0.717) is 12.0 Å². The number of likely N-dealkylation sites (tertiary alicyclic amines) is 1. The SMILES string of the molecule is CC1CSCC1NC(=O)N1CCC1. The van der Waals surface area contributed by atoms with Crippen molar-refractivity contribution in [1.82, 2.24) is 10.2 Å². The number of thioether (sulfide) groups is 1. The van der Waals surface area contributed by atoms with Gasteiger partial charge in [0, 0.05) is 24.9 Å². The number of urea groups is 1. The molecule has 0 radical (unpaired) electrons. The number of hydrogen-bond acceptors (Lipinski definition) is 2. The maximum atomic E-state index is 11.5. The summed E-state index contributed by atoms with van der Waals surface area (Å²) in [5, 5.41) is 3.10. The van der Waals surface area contributed by atoms with Gasteiger partial charge in [-0.2, -0.15) is 11.8 Å². The van der Waals surface area contributed by atoms with Crippen LogP contribution in [0.2, 0.25) is 0 Å². The molecule has 2 unspecified atom stereocenters. The van der Waals surface area contributed by atoms with Gasteiger partial charge in [0.25, 0.3) is 0 Å². The van der Waals surface area contributed by atoms with Crippen LogP contribution in [-0.2, 0) is 0 Å². The molecule has 2 amide bonds. The minimum absolute atomic E-state index is 0.144. The van der Waals surface area contributed by atoms with Crippen molar-refractivity contribution >= 4 is 17.8 Å². The van der Waals surface area contributed by atoms with Crippen molar-refractivity contribution in [3.63, 3.8) is 0 Å². The summed E-state index contributed by atoms with van der Waals surface area (Å²) >= 11 is 1.94. The Morgan fingerprint density at radius 2 is 2.23 bits per heavy atom. The zero-order valence-corrected chi connectivity index (χ0v) is 8.77. The smallest absolute Gasteiger partial charge is 0.317 e. The van der Waals surface area contributed by atoms with Crippen LogP contribution in [0.25, 0.3) is 0 Å². The highest BCUT2D eigenvalue weighted by Crippen LogP contribution is 2.23. The van der Waals surface area contributed by atoms with Crippen molar-refractivity contribution in [2.45, 2.75) is 19.4 Å². The zero-order chi connectivity index (χ0) is 9.26. The molecule has 2 saturated heterocycles. The molecule has 2 aliphatic heterocycles. The van der Waals surface area contributed by atoms with Crippen molar-refractivity contribution in [3.8, 4) is 0 Å². The van der Waals surface area contributed by atoms with E-state index in [1.54, 1.807) is 0 Å². The molecule has 0 aromatic heterocycles. The van der Waals surface area contributed by atoms with Crippen LogP contribution in [0.5, 0.6) is 0 Å². The van der Waals surface area contributed by atoms with Crippen LogP contribution in [-0.4, -0.2) is 41.6 Å². The van der Waals surface area contributed by atoms with E-state index in [1.165, 1.54) is 12.2 Å². The molecule has 13 heavy (non-hydrogen) atoms. The maximum Gasteiger partial charge on any atom is 0.317 e. The second-order valence-corrected chi connectivity index (χ2v) is 4.99. The molecule has 0 bridgehead atoms. The zero-order valence-electron chi connectivity index (χ0n) is 7.95. The summed E-state index contributed by atoms with van der Waals surface area (Å²) in [7, 11) is 0. The monoisotopic (exact) mass is 200 g/mol. The fourth-order valence-electron chi connectivity index (χ4n) is 1.61. The average Bonchev–Trinajstić information content (AvgIpc) is 2.32. The first kappa shape index (κ1) is 9.19. The summed E-state index contributed by atoms with van der Waals surface area (Å²) in [4.78, 5) is 13.4. The van der Waals surface area contributed by atoms with Crippen LogP contribution in [0.15, 0.2) is 0 Å². The minimum atomic E-state index is 0.144. The summed E-state index contributed by atoms with van der Waals surface area (Å²) in [5.74, 6) is 2.90. The lowest BCUT2D eigenvalue weighted by Gasteiger charge is -2.32. The van der Waals surface area contributed by atoms with E-state index in [-0.39, 0.29) is 6.03 Å². The molecular weight excluding hydrogens is 184 g/mol. The molecule has 2 rings (SSSR count). The van der Waals surface area contributed by atoms with Crippen LogP contribution in [0.3, 0.4) is 0 Å². The lowest BCUT2D eigenvalue weighted by Crippen LogP contribution is -2.51. The highest BCUT2D eigenvalue weighted by Gasteiger charge is 2.28. The van der Waals surface area contributed by atoms with Gasteiger partial charge in [-0.1, -0.05) is 6.92 Å². The Morgan fingerprint density at radius 1 is 1.46 bits per heavy atom. The van der Waals surface area contributed by atoms with Crippen LogP contribution < -0.4 is 5.32 Å². The van der Waals surface area contributed by atoms with Gasteiger partial charge in [-0.05, 0) is 18.1 Å².